The average Bonchev–Trinajstić information content (AvgIpc) is 3.33. The van der Waals surface area contributed by atoms with Crippen LogP contribution in [0.3, 0.4) is 0 Å². The number of rotatable bonds is 4. The Bertz CT molecular complexity index is 629. The summed E-state index contributed by atoms with van der Waals surface area (Å²) in [5.41, 5.74) is 1.42. The highest BCUT2D eigenvalue weighted by Crippen LogP contribution is 2.40. The molecule has 0 bridgehead atoms. The number of carbonyl (C=O) groups excluding carboxylic acids is 1. The van der Waals surface area contributed by atoms with Crippen LogP contribution in [0.1, 0.15) is 50.5 Å². The Labute approximate surface area is 155 Å². The normalized spacial score (nSPS) is 27.3. The predicted octanol–water partition coefficient (Wildman–Crippen LogP) is 2.49. The van der Waals surface area contributed by atoms with Crippen LogP contribution in [0.2, 0.25) is 0 Å². The standard InChI is InChI=1S/C20H30N4O2/c1-26-19-21-11-16(12-22-19)13-23-9-4-7-20(14-23)8-10-24(15-20)18(25)17-5-2-3-6-17/h11-12,17H,2-10,13-15H2,1H3. The van der Waals surface area contributed by atoms with Gasteiger partial charge in [0.05, 0.1) is 7.11 Å². The molecule has 4 rings (SSSR count). The smallest absolute Gasteiger partial charge is 0.316 e. The Morgan fingerprint density at radius 3 is 2.65 bits per heavy atom. The molecule has 0 radical (unpaired) electrons. The number of hydrogen-bond acceptors (Lipinski definition) is 5. The number of amides is 1. The van der Waals surface area contributed by atoms with Crippen LogP contribution in [0.25, 0.3) is 0 Å². The lowest BCUT2D eigenvalue weighted by molar-refractivity contribution is -0.134. The lowest BCUT2D eigenvalue weighted by Crippen LogP contribution is -2.45. The van der Waals surface area contributed by atoms with Crippen molar-refractivity contribution < 1.29 is 9.53 Å². The fourth-order valence-corrected chi connectivity index (χ4v) is 5.12. The van der Waals surface area contributed by atoms with E-state index < -0.39 is 0 Å². The summed E-state index contributed by atoms with van der Waals surface area (Å²) in [6, 6.07) is 0.417. The van der Waals surface area contributed by atoms with Crippen LogP contribution in [-0.4, -0.2) is 59.0 Å². The van der Waals surface area contributed by atoms with Crippen molar-refractivity contribution in [2.45, 2.75) is 51.5 Å². The van der Waals surface area contributed by atoms with E-state index in [1.807, 2.05) is 12.4 Å². The fraction of sp³-hybridized carbons (Fsp3) is 0.750. The number of hydrogen-bond donors (Lipinski definition) is 0. The zero-order valence-corrected chi connectivity index (χ0v) is 15.8. The van der Waals surface area contributed by atoms with Crippen LogP contribution in [-0.2, 0) is 11.3 Å². The number of methoxy groups -OCH3 is 1. The number of likely N-dealkylation sites (tertiary alicyclic amines) is 2. The summed E-state index contributed by atoms with van der Waals surface area (Å²) in [7, 11) is 1.59. The second kappa shape index (κ2) is 7.51. The van der Waals surface area contributed by atoms with E-state index >= 15 is 0 Å². The molecule has 6 heteroatoms. The van der Waals surface area contributed by atoms with E-state index in [0.29, 0.717) is 23.3 Å². The number of aromatic nitrogens is 2. The van der Waals surface area contributed by atoms with Crippen molar-refractivity contribution in [2.24, 2.45) is 11.3 Å². The molecule has 1 spiro atoms. The third-order valence-corrected chi connectivity index (χ3v) is 6.47. The summed E-state index contributed by atoms with van der Waals surface area (Å²) in [5.74, 6) is 0.737. The van der Waals surface area contributed by atoms with Crippen molar-refractivity contribution in [1.29, 1.82) is 0 Å². The van der Waals surface area contributed by atoms with E-state index in [-0.39, 0.29) is 0 Å². The zero-order valence-electron chi connectivity index (χ0n) is 15.8. The molecule has 1 aromatic heterocycles. The molecule has 0 N–H and O–H groups in total. The highest BCUT2D eigenvalue weighted by molar-refractivity contribution is 5.79. The minimum Gasteiger partial charge on any atom is -0.467 e. The molecule has 26 heavy (non-hydrogen) atoms. The monoisotopic (exact) mass is 358 g/mol. The molecule has 1 unspecified atom stereocenters. The van der Waals surface area contributed by atoms with Gasteiger partial charge in [-0.05, 0) is 38.6 Å². The molecule has 3 heterocycles. The first-order chi connectivity index (χ1) is 12.7. The van der Waals surface area contributed by atoms with Crippen LogP contribution in [0.4, 0.5) is 0 Å². The van der Waals surface area contributed by atoms with Crippen LogP contribution in [0.5, 0.6) is 6.01 Å². The maximum absolute atomic E-state index is 12.8. The predicted molar refractivity (Wildman–Crippen MR) is 98.7 cm³/mol. The first kappa shape index (κ1) is 17.7. The van der Waals surface area contributed by atoms with Gasteiger partial charge in [-0.2, -0.15) is 0 Å². The Balaban J connectivity index is 1.36. The van der Waals surface area contributed by atoms with E-state index in [2.05, 4.69) is 19.8 Å². The largest absolute Gasteiger partial charge is 0.467 e. The SMILES string of the molecule is COc1ncc(CN2CCCC3(CCN(C(=O)C4CCCC4)C3)C2)cn1. The minimum atomic E-state index is 0.292. The van der Waals surface area contributed by atoms with Gasteiger partial charge in [-0.25, -0.2) is 9.97 Å². The van der Waals surface area contributed by atoms with E-state index in [4.69, 9.17) is 4.74 Å². The molecule has 1 amide bonds. The van der Waals surface area contributed by atoms with E-state index in [9.17, 15) is 4.79 Å². The summed E-state index contributed by atoms with van der Waals surface area (Å²) in [4.78, 5) is 25.9. The Hall–Kier alpha value is -1.69. The molecule has 0 aromatic carbocycles. The van der Waals surface area contributed by atoms with Crippen molar-refractivity contribution in [3.63, 3.8) is 0 Å². The molecule has 142 valence electrons. The van der Waals surface area contributed by atoms with E-state index in [0.717, 1.165) is 57.5 Å². The van der Waals surface area contributed by atoms with Crippen molar-refractivity contribution in [2.75, 3.05) is 33.3 Å². The summed E-state index contributed by atoms with van der Waals surface area (Å²) < 4.78 is 5.04. The Morgan fingerprint density at radius 2 is 1.92 bits per heavy atom. The molecular weight excluding hydrogens is 328 g/mol. The summed E-state index contributed by atoms with van der Waals surface area (Å²) in [6.07, 6.45) is 12.0. The topological polar surface area (TPSA) is 58.6 Å². The first-order valence-electron chi connectivity index (χ1n) is 10.0. The number of carbonyl (C=O) groups is 1. The highest BCUT2D eigenvalue weighted by Gasteiger charge is 2.43. The summed E-state index contributed by atoms with van der Waals surface area (Å²) in [6.45, 7) is 4.98. The second-order valence-corrected chi connectivity index (χ2v) is 8.38. The first-order valence-corrected chi connectivity index (χ1v) is 10.0. The number of ether oxygens (including phenoxy) is 1. The molecule has 3 aliphatic rings. The molecule has 2 saturated heterocycles. The van der Waals surface area contributed by atoms with Gasteiger partial charge >= 0.3 is 6.01 Å². The number of nitrogens with zero attached hydrogens (tertiary/aromatic N) is 4. The fourth-order valence-electron chi connectivity index (χ4n) is 5.12. The van der Waals surface area contributed by atoms with Gasteiger partial charge in [0, 0.05) is 55.5 Å². The highest BCUT2D eigenvalue weighted by atomic mass is 16.5. The van der Waals surface area contributed by atoms with Gasteiger partial charge in [0.1, 0.15) is 0 Å². The van der Waals surface area contributed by atoms with Crippen molar-refractivity contribution in [1.82, 2.24) is 19.8 Å². The average molecular weight is 358 g/mol. The minimum absolute atomic E-state index is 0.292. The van der Waals surface area contributed by atoms with E-state index in [1.54, 1.807) is 7.11 Å². The Morgan fingerprint density at radius 1 is 1.15 bits per heavy atom. The second-order valence-electron chi connectivity index (χ2n) is 8.38. The zero-order chi connectivity index (χ0) is 18.0. The van der Waals surface area contributed by atoms with Crippen molar-refractivity contribution in [3.8, 4) is 6.01 Å². The summed E-state index contributed by atoms with van der Waals surface area (Å²) in [5, 5.41) is 0. The molecule has 2 aliphatic heterocycles. The maximum atomic E-state index is 12.8. The van der Waals surface area contributed by atoms with Gasteiger partial charge in [0.25, 0.3) is 0 Å². The van der Waals surface area contributed by atoms with Crippen LogP contribution < -0.4 is 4.74 Å². The molecule has 6 nitrogen and oxygen atoms in total. The van der Waals surface area contributed by atoms with Gasteiger partial charge in [-0.15, -0.1) is 0 Å². The van der Waals surface area contributed by atoms with Crippen LogP contribution >= 0.6 is 0 Å². The third-order valence-electron chi connectivity index (χ3n) is 6.47. The van der Waals surface area contributed by atoms with Crippen molar-refractivity contribution in [3.05, 3.63) is 18.0 Å². The van der Waals surface area contributed by atoms with Gasteiger partial charge in [0.15, 0.2) is 0 Å². The molecule has 1 saturated carbocycles. The van der Waals surface area contributed by atoms with Crippen molar-refractivity contribution >= 4 is 5.91 Å². The lowest BCUT2D eigenvalue weighted by Gasteiger charge is -2.40. The third kappa shape index (κ3) is 3.70. The van der Waals surface area contributed by atoms with E-state index in [1.165, 1.54) is 25.7 Å². The van der Waals surface area contributed by atoms with Gasteiger partial charge in [-0.3, -0.25) is 9.69 Å². The quantitative estimate of drug-likeness (QED) is 0.828. The molecule has 1 atom stereocenters. The Kier molecular flexibility index (Phi) is 5.11. The lowest BCUT2D eigenvalue weighted by atomic mass is 9.79. The van der Waals surface area contributed by atoms with Gasteiger partial charge in [-0.1, -0.05) is 12.8 Å². The van der Waals surface area contributed by atoms with Gasteiger partial charge in [0.2, 0.25) is 5.91 Å². The number of piperidine rings is 1. The molecule has 1 aliphatic carbocycles. The molecule has 1 aromatic rings. The molecule has 3 fully saturated rings. The van der Waals surface area contributed by atoms with Gasteiger partial charge < -0.3 is 9.64 Å². The van der Waals surface area contributed by atoms with Crippen LogP contribution in [0, 0.1) is 11.3 Å². The van der Waals surface area contributed by atoms with Crippen LogP contribution in [0.15, 0.2) is 12.4 Å². The maximum Gasteiger partial charge on any atom is 0.316 e. The summed E-state index contributed by atoms with van der Waals surface area (Å²) >= 11 is 0. The molecular formula is C20H30N4O2.